The summed E-state index contributed by atoms with van der Waals surface area (Å²) in [5.41, 5.74) is 0.347. The average molecular weight is 276 g/mol. The molecule has 0 radical (unpaired) electrons. The summed E-state index contributed by atoms with van der Waals surface area (Å²) in [6, 6.07) is 0. The molecule has 0 bridgehead atoms. The molecule has 2 heterocycles. The molecule has 7 nitrogen and oxygen atoms in total. The molecule has 1 aromatic heterocycles. The van der Waals surface area contributed by atoms with E-state index in [2.05, 4.69) is 5.16 Å². The molecule has 1 atom stereocenters. The van der Waals surface area contributed by atoms with Crippen LogP contribution in [0, 0.1) is 13.8 Å². The van der Waals surface area contributed by atoms with Crippen molar-refractivity contribution in [3.05, 3.63) is 11.5 Å². The van der Waals surface area contributed by atoms with Crippen LogP contribution in [0.25, 0.3) is 0 Å². The maximum Gasteiger partial charge on any atom is 0.248 e. The van der Waals surface area contributed by atoms with Gasteiger partial charge in [0.2, 0.25) is 10.0 Å². The van der Waals surface area contributed by atoms with Crippen molar-refractivity contribution in [2.75, 3.05) is 26.3 Å². The van der Waals surface area contributed by atoms with Gasteiger partial charge in [-0.2, -0.15) is 4.31 Å². The minimum Gasteiger partial charge on any atom is -0.394 e. The SMILES string of the molecule is Cc1noc(C)c1S(=O)(=O)N1CCOC(CO)C1. The quantitative estimate of drug-likeness (QED) is 0.813. The molecule has 18 heavy (non-hydrogen) atoms. The van der Waals surface area contributed by atoms with Crippen LogP contribution in [-0.4, -0.2) is 55.4 Å². The Balaban J connectivity index is 2.31. The van der Waals surface area contributed by atoms with Crippen LogP contribution < -0.4 is 0 Å². The summed E-state index contributed by atoms with van der Waals surface area (Å²) in [4.78, 5) is 0.112. The number of ether oxygens (including phenoxy) is 1. The van der Waals surface area contributed by atoms with Crippen molar-refractivity contribution < 1.29 is 22.8 Å². The Morgan fingerprint density at radius 1 is 1.50 bits per heavy atom. The summed E-state index contributed by atoms with van der Waals surface area (Å²) >= 11 is 0. The highest BCUT2D eigenvalue weighted by Gasteiger charge is 2.34. The van der Waals surface area contributed by atoms with E-state index in [9.17, 15) is 8.42 Å². The van der Waals surface area contributed by atoms with Gasteiger partial charge in [0.1, 0.15) is 10.6 Å². The number of hydrogen-bond acceptors (Lipinski definition) is 6. The van der Waals surface area contributed by atoms with E-state index in [1.165, 1.54) is 4.31 Å². The lowest BCUT2D eigenvalue weighted by Crippen LogP contribution is -2.46. The Bertz CT molecular complexity index is 505. The molecule has 1 fully saturated rings. The molecule has 1 saturated heterocycles. The maximum atomic E-state index is 12.4. The fourth-order valence-electron chi connectivity index (χ4n) is 1.99. The van der Waals surface area contributed by atoms with Gasteiger partial charge < -0.3 is 14.4 Å². The predicted molar refractivity (Wildman–Crippen MR) is 61.6 cm³/mol. The first kappa shape index (κ1) is 13.5. The second kappa shape index (κ2) is 4.96. The van der Waals surface area contributed by atoms with Crippen molar-refractivity contribution in [1.29, 1.82) is 0 Å². The number of morpholine rings is 1. The number of sulfonamides is 1. The van der Waals surface area contributed by atoms with Gasteiger partial charge in [0.25, 0.3) is 0 Å². The lowest BCUT2D eigenvalue weighted by molar-refractivity contribution is -0.0304. The fourth-order valence-corrected chi connectivity index (χ4v) is 3.74. The smallest absolute Gasteiger partial charge is 0.248 e. The third-order valence-electron chi connectivity index (χ3n) is 2.87. The molecule has 1 aliphatic rings. The van der Waals surface area contributed by atoms with Gasteiger partial charge in [-0.3, -0.25) is 0 Å². The Labute approximate surface area is 105 Å². The van der Waals surface area contributed by atoms with Gasteiger partial charge in [0.15, 0.2) is 5.76 Å². The number of hydrogen-bond donors (Lipinski definition) is 1. The molecule has 0 spiro atoms. The molecule has 8 heteroatoms. The van der Waals surface area contributed by atoms with Crippen molar-refractivity contribution >= 4 is 10.0 Å². The van der Waals surface area contributed by atoms with Crippen LogP contribution in [-0.2, 0) is 14.8 Å². The number of aromatic nitrogens is 1. The summed E-state index contributed by atoms with van der Waals surface area (Å²) in [5.74, 6) is 0.277. The lowest BCUT2D eigenvalue weighted by Gasteiger charge is -2.30. The average Bonchev–Trinajstić information content (AvgIpc) is 2.69. The second-order valence-electron chi connectivity index (χ2n) is 4.19. The second-order valence-corrected chi connectivity index (χ2v) is 6.07. The van der Waals surface area contributed by atoms with Crippen molar-refractivity contribution in [3.63, 3.8) is 0 Å². The number of aliphatic hydroxyl groups excluding tert-OH is 1. The van der Waals surface area contributed by atoms with Crippen LogP contribution in [0.1, 0.15) is 11.5 Å². The summed E-state index contributed by atoms with van der Waals surface area (Å²) < 4.78 is 36.3. The largest absolute Gasteiger partial charge is 0.394 e. The first-order valence-electron chi connectivity index (χ1n) is 5.62. The molecular weight excluding hydrogens is 260 g/mol. The standard InChI is InChI=1S/C10H16N2O5S/c1-7-10(8(2)17-11-7)18(14,15)12-3-4-16-9(5-12)6-13/h9,13H,3-6H2,1-2H3. The van der Waals surface area contributed by atoms with Gasteiger partial charge in [0, 0.05) is 13.1 Å². The molecule has 2 rings (SSSR count). The fraction of sp³-hybridized carbons (Fsp3) is 0.700. The molecule has 0 amide bonds. The lowest BCUT2D eigenvalue weighted by atomic mass is 10.3. The highest BCUT2D eigenvalue weighted by Crippen LogP contribution is 2.24. The molecule has 1 unspecified atom stereocenters. The highest BCUT2D eigenvalue weighted by molar-refractivity contribution is 7.89. The Morgan fingerprint density at radius 2 is 2.22 bits per heavy atom. The summed E-state index contributed by atoms with van der Waals surface area (Å²) in [5, 5.41) is 12.7. The maximum absolute atomic E-state index is 12.4. The van der Waals surface area contributed by atoms with E-state index in [-0.39, 0.29) is 37.0 Å². The third-order valence-corrected chi connectivity index (χ3v) is 4.98. The van der Waals surface area contributed by atoms with Crippen LogP contribution in [0.2, 0.25) is 0 Å². The van der Waals surface area contributed by atoms with E-state index >= 15 is 0 Å². The van der Waals surface area contributed by atoms with E-state index < -0.39 is 16.1 Å². The molecule has 0 aromatic carbocycles. The van der Waals surface area contributed by atoms with Crippen LogP contribution in [0.5, 0.6) is 0 Å². The molecule has 102 valence electrons. The van der Waals surface area contributed by atoms with E-state index in [0.717, 1.165) is 0 Å². The highest BCUT2D eigenvalue weighted by atomic mass is 32.2. The molecule has 1 aromatic rings. The third kappa shape index (κ3) is 2.28. The number of nitrogens with zero attached hydrogens (tertiary/aromatic N) is 2. The minimum atomic E-state index is -3.64. The summed E-state index contributed by atoms with van der Waals surface area (Å²) in [7, 11) is -3.64. The number of aliphatic hydroxyl groups is 1. The van der Waals surface area contributed by atoms with Gasteiger partial charge in [-0.05, 0) is 13.8 Å². The predicted octanol–water partition coefficient (Wildman–Crippen LogP) is -0.327. The first-order valence-corrected chi connectivity index (χ1v) is 7.06. The van der Waals surface area contributed by atoms with E-state index in [0.29, 0.717) is 5.69 Å². The zero-order valence-corrected chi connectivity index (χ0v) is 11.1. The van der Waals surface area contributed by atoms with Gasteiger partial charge in [-0.25, -0.2) is 8.42 Å². The normalized spacial score (nSPS) is 22.3. The van der Waals surface area contributed by atoms with E-state index in [4.69, 9.17) is 14.4 Å². The molecular formula is C10H16N2O5S. The zero-order valence-electron chi connectivity index (χ0n) is 10.3. The molecule has 0 saturated carbocycles. The van der Waals surface area contributed by atoms with Crippen LogP contribution in [0.3, 0.4) is 0 Å². The van der Waals surface area contributed by atoms with Crippen LogP contribution in [0.4, 0.5) is 0 Å². The first-order chi connectivity index (χ1) is 8.46. The van der Waals surface area contributed by atoms with E-state index in [1.807, 2.05) is 0 Å². The van der Waals surface area contributed by atoms with Crippen LogP contribution >= 0.6 is 0 Å². The zero-order chi connectivity index (χ0) is 13.3. The van der Waals surface area contributed by atoms with Gasteiger partial charge in [-0.15, -0.1) is 0 Å². The monoisotopic (exact) mass is 276 g/mol. The van der Waals surface area contributed by atoms with Crippen molar-refractivity contribution in [3.8, 4) is 0 Å². The Hall–Kier alpha value is -0.960. The van der Waals surface area contributed by atoms with Crippen LogP contribution in [0.15, 0.2) is 9.42 Å². The van der Waals surface area contributed by atoms with Crippen molar-refractivity contribution in [2.24, 2.45) is 0 Å². The van der Waals surface area contributed by atoms with Gasteiger partial charge >= 0.3 is 0 Å². The molecule has 1 aliphatic heterocycles. The Kier molecular flexibility index (Phi) is 3.71. The molecule has 1 N–H and O–H groups in total. The van der Waals surface area contributed by atoms with Crippen molar-refractivity contribution in [2.45, 2.75) is 24.8 Å². The molecule has 0 aliphatic carbocycles. The number of aryl methyl sites for hydroxylation is 2. The van der Waals surface area contributed by atoms with Crippen molar-refractivity contribution in [1.82, 2.24) is 9.46 Å². The topological polar surface area (TPSA) is 92.9 Å². The summed E-state index contributed by atoms with van der Waals surface area (Å²) in [6.45, 7) is 3.64. The van der Waals surface area contributed by atoms with Gasteiger partial charge in [0.05, 0.1) is 19.3 Å². The van der Waals surface area contributed by atoms with E-state index in [1.54, 1.807) is 13.8 Å². The minimum absolute atomic E-state index is 0.112. The summed E-state index contributed by atoms with van der Waals surface area (Å²) in [6.07, 6.45) is -0.478. The number of rotatable bonds is 3. The van der Waals surface area contributed by atoms with Gasteiger partial charge in [-0.1, -0.05) is 5.16 Å². The Morgan fingerprint density at radius 3 is 2.78 bits per heavy atom.